The number of carbonyl (C=O) groups excluding carboxylic acids is 2. The van der Waals surface area contributed by atoms with Crippen molar-refractivity contribution in [3.05, 3.63) is 0 Å². The SMILES string of the molecule is O=C1NC(C(=O)NCCCCCO)CS1. The summed E-state index contributed by atoms with van der Waals surface area (Å²) in [5.74, 6) is 0.402. The molecule has 0 spiro atoms. The Morgan fingerprint density at radius 1 is 1.53 bits per heavy atom. The highest BCUT2D eigenvalue weighted by atomic mass is 32.2. The highest BCUT2D eigenvalue weighted by Crippen LogP contribution is 2.12. The molecule has 5 nitrogen and oxygen atoms in total. The lowest BCUT2D eigenvalue weighted by Gasteiger charge is -2.09. The lowest BCUT2D eigenvalue weighted by atomic mass is 10.2. The smallest absolute Gasteiger partial charge is 0.279 e. The van der Waals surface area contributed by atoms with Gasteiger partial charge in [0.15, 0.2) is 0 Å². The van der Waals surface area contributed by atoms with Gasteiger partial charge in [-0.05, 0) is 19.3 Å². The minimum Gasteiger partial charge on any atom is -0.396 e. The van der Waals surface area contributed by atoms with Crippen LogP contribution >= 0.6 is 11.8 Å². The molecule has 1 rings (SSSR count). The van der Waals surface area contributed by atoms with E-state index in [9.17, 15) is 9.59 Å². The van der Waals surface area contributed by atoms with E-state index in [2.05, 4.69) is 10.6 Å². The van der Waals surface area contributed by atoms with Gasteiger partial charge in [-0.2, -0.15) is 0 Å². The predicted octanol–water partition coefficient (Wildman–Crippen LogP) is 0.0902. The highest BCUT2D eigenvalue weighted by Gasteiger charge is 2.27. The maximum Gasteiger partial charge on any atom is 0.279 e. The average Bonchev–Trinajstić information content (AvgIpc) is 2.64. The van der Waals surface area contributed by atoms with Gasteiger partial charge < -0.3 is 15.7 Å². The molecule has 15 heavy (non-hydrogen) atoms. The van der Waals surface area contributed by atoms with Crippen LogP contribution in [0.25, 0.3) is 0 Å². The van der Waals surface area contributed by atoms with Gasteiger partial charge in [0.05, 0.1) is 0 Å². The molecule has 1 aliphatic heterocycles. The second-order valence-electron chi connectivity index (χ2n) is 3.37. The quantitative estimate of drug-likeness (QED) is 0.567. The van der Waals surface area contributed by atoms with Crippen molar-refractivity contribution in [3.8, 4) is 0 Å². The third-order valence-corrected chi connectivity index (χ3v) is 3.00. The Kier molecular flexibility index (Phi) is 5.49. The molecule has 86 valence electrons. The van der Waals surface area contributed by atoms with Crippen molar-refractivity contribution in [2.24, 2.45) is 0 Å². The Morgan fingerprint density at radius 3 is 2.93 bits per heavy atom. The fourth-order valence-corrected chi connectivity index (χ4v) is 2.05. The van der Waals surface area contributed by atoms with E-state index in [1.165, 1.54) is 0 Å². The molecule has 0 aromatic rings. The summed E-state index contributed by atoms with van der Waals surface area (Å²) in [4.78, 5) is 22.3. The number of thioether (sulfide) groups is 1. The third-order valence-electron chi connectivity index (χ3n) is 2.12. The summed E-state index contributed by atoms with van der Waals surface area (Å²) >= 11 is 1.14. The largest absolute Gasteiger partial charge is 0.396 e. The van der Waals surface area contributed by atoms with Crippen LogP contribution in [0.5, 0.6) is 0 Å². The molecule has 1 unspecified atom stereocenters. The lowest BCUT2D eigenvalue weighted by molar-refractivity contribution is -0.122. The van der Waals surface area contributed by atoms with Gasteiger partial charge in [-0.15, -0.1) is 0 Å². The van der Waals surface area contributed by atoms with E-state index in [-0.39, 0.29) is 23.8 Å². The van der Waals surface area contributed by atoms with E-state index in [0.29, 0.717) is 12.3 Å². The third kappa shape index (κ3) is 4.53. The first-order valence-corrected chi connectivity index (χ1v) is 6.04. The van der Waals surface area contributed by atoms with Gasteiger partial charge in [0.25, 0.3) is 5.24 Å². The van der Waals surface area contributed by atoms with Gasteiger partial charge in [-0.1, -0.05) is 11.8 Å². The van der Waals surface area contributed by atoms with Gasteiger partial charge in [-0.3, -0.25) is 9.59 Å². The van der Waals surface area contributed by atoms with Crippen molar-refractivity contribution in [3.63, 3.8) is 0 Å². The number of hydrogen-bond donors (Lipinski definition) is 3. The van der Waals surface area contributed by atoms with E-state index in [1.807, 2.05) is 0 Å². The number of amides is 2. The van der Waals surface area contributed by atoms with Crippen LogP contribution in [0.15, 0.2) is 0 Å². The first-order valence-electron chi connectivity index (χ1n) is 5.06. The monoisotopic (exact) mass is 232 g/mol. The second-order valence-corrected chi connectivity index (χ2v) is 4.36. The molecule has 0 aromatic carbocycles. The van der Waals surface area contributed by atoms with Crippen LogP contribution in [0.1, 0.15) is 19.3 Å². The van der Waals surface area contributed by atoms with Crippen LogP contribution in [0.4, 0.5) is 4.79 Å². The fraction of sp³-hybridized carbons (Fsp3) is 0.778. The van der Waals surface area contributed by atoms with E-state index < -0.39 is 0 Å². The van der Waals surface area contributed by atoms with Crippen LogP contribution in [-0.2, 0) is 4.79 Å². The lowest BCUT2D eigenvalue weighted by Crippen LogP contribution is -2.43. The molecule has 6 heteroatoms. The normalized spacial score (nSPS) is 20.1. The standard InChI is InChI=1S/C9H16N2O3S/c12-5-3-1-2-4-10-8(13)7-6-15-9(14)11-7/h7,12H,1-6H2,(H,10,13)(H,11,14). The number of carbonyl (C=O) groups is 2. The summed E-state index contributed by atoms with van der Waals surface area (Å²) in [6.07, 6.45) is 2.54. The maximum absolute atomic E-state index is 11.4. The Balaban J connectivity index is 2.06. The van der Waals surface area contributed by atoms with Gasteiger partial charge in [0.1, 0.15) is 6.04 Å². The molecule has 0 bridgehead atoms. The molecule has 1 saturated heterocycles. The minimum absolute atomic E-state index is 0.114. The zero-order valence-electron chi connectivity index (χ0n) is 8.49. The molecule has 1 fully saturated rings. The molecule has 2 amide bonds. The second kappa shape index (κ2) is 6.68. The van der Waals surface area contributed by atoms with Crippen LogP contribution in [0.3, 0.4) is 0 Å². The fourth-order valence-electron chi connectivity index (χ4n) is 1.27. The highest BCUT2D eigenvalue weighted by molar-refractivity contribution is 8.14. The van der Waals surface area contributed by atoms with Gasteiger partial charge >= 0.3 is 0 Å². The van der Waals surface area contributed by atoms with Gasteiger partial charge in [0, 0.05) is 18.9 Å². The van der Waals surface area contributed by atoms with E-state index in [4.69, 9.17) is 5.11 Å². The Labute approximate surface area is 93.0 Å². The topological polar surface area (TPSA) is 78.4 Å². The first-order chi connectivity index (χ1) is 7.24. The molecular weight excluding hydrogens is 216 g/mol. The number of nitrogens with one attached hydrogen (secondary N) is 2. The van der Waals surface area contributed by atoms with Crippen molar-refractivity contribution in [2.45, 2.75) is 25.3 Å². The van der Waals surface area contributed by atoms with Crippen molar-refractivity contribution >= 4 is 22.9 Å². The predicted molar refractivity (Wildman–Crippen MR) is 58.7 cm³/mol. The van der Waals surface area contributed by atoms with E-state index in [0.717, 1.165) is 31.0 Å². The number of hydrogen-bond acceptors (Lipinski definition) is 4. The van der Waals surface area contributed by atoms with Crippen molar-refractivity contribution < 1.29 is 14.7 Å². The summed E-state index contributed by atoms with van der Waals surface area (Å²) in [5.41, 5.74) is 0. The molecule has 1 aliphatic rings. The molecule has 0 aliphatic carbocycles. The Morgan fingerprint density at radius 2 is 2.33 bits per heavy atom. The van der Waals surface area contributed by atoms with Crippen molar-refractivity contribution in [1.82, 2.24) is 10.6 Å². The summed E-state index contributed by atoms with van der Waals surface area (Å²) in [7, 11) is 0. The van der Waals surface area contributed by atoms with Gasteiger partial charge in [0.2, 0.25) is 5.91 Å². The van der Waals surface area contributed by atoms with Crippen LogP contribution < -0.4 is 10.6 Å². The molecule has 3 N–H and O–H groups in total. The van der Waals surface area contributed by atoms with Crippen LogP contribution in [0, 0.1) is 0 Å². The zero-order valence-corrected chi connectivity index (χ0v) is 9.31. The van der Waals surface area contributed by atoms with E-state index >= 15 is 0 Å². The molecule has 1 atom stereocenters. The van der Waals surface area contributed by atoms with Crippen molar-refractivity contribution in [1.29, 1.82) is 0 Å². The van der Waals surface area contributed by atoms with Gasteiger partial charge in [-0.25, -0.2) is 0 Å². The molecule has 1 heterocycles. The first kappa shape index (κ1) is 12.3. The molecule has 0 aromatic heterocycles. The summed E-state index contributed by atoms with van der Waals surface area (Å²) in [6.45, 7) is 0.805. The zero-order chi connectivity index (χ0) is 11.1. The summed E-state index contributed by atoms with van der Waals surface area (Å²) in [6, 6.07) is -0.375. The van der Waals surface area contributed by atoms with Crippen molar-refractivity contribution in [2.75, 3.05) is 18.9 Å². The molecule has 0 radical (unpaired) electrons. The summed E-state index contributed by atoms with van der Waals surface area (Å²) in [5, 5.41) is 13.7. The number of rotatable bonds is 6. The minimum atomic E-state index is -0.375. The maximum atomic E-state index is 11.4. The Hall–Kier alpha value is -0.750. The Bertz CT molecular complexity index is 235. The number of unbranched alkanes of at least 4 members (excludes halogenated alkanes) is 2. The molecule has 0 saturated carbocycles. The molecular formula is C9H16N2O3S. The average molecular weight is 232 g/mol. The van der Waals surface area contributed by atoms with E-state index in [1.54, 1.807) is 0 Å². The number of aliphatic hydroxyl groups is 1. The summed E-state index contributed by atoms with van der Waals surface area (Å²) < 4.78 is 0. The van der Waals surface area contributed by atoms with Crippen LogP contribution in [0.2, 0.25) is 0 Å². The van der Waals surface area contributed by atoms with Crippen LogP contribution in [-0.4, -0.2) is 41.2 Å². The number of aliphatic hydroxyl groups excluding tert-OH is 1.